The van der Waals surface area contributed by atoms with E-state index in [4.69, 9.17) is 4.74 Å². The molecule has 4 heteroatoms. The van der Waals surface area contributed by atoms with Gasteiger partial charge in [0.25, 0.3) is 5.91 Å². The van der Waals surface area contributed by atoms with Gasteiger partial charge in [-0.2, -0.15) is 0 Å². The monoisotopic (exact) mass is 234 g/mol. The maximum atomic E-state index is 12.0. The van der Waals surface area contributed by atoms with E-state index in [0.717, 1.165) is 25.0 Å². The van der Waals surface area contributed by atoms with Gasteiger partial charge in [0.2, 0.25) is 0 Å². The number of nitrogens with zero attached hydrogens (tertiary/aromatic N) is 2. The molecule has 0 spiro atoms. The summed E-state index contributed by atoms with van der Waals surface area (Å²) in [5.74, 6) is 0.686. The number of carbonyl (C=O) groups excluding carboxylic acids is 1. The largest absolute Gasteiger partial charge is 0.489 e. The summed E-state index contributed by atoms with van der Waals surface area (Å²) in [5, 5.41) is 0. The van der Waals surface area contributed by atoms with Gasteiger partial charge in [0.1, 0.15) is 5.75 Å². The highest BCUT2D eigenvalue weighted by atomic mass is 16.5. The molecule has 17 heavy (non-hydrogen) atoms. The summed E-state index contributed by atoms with van der Waals surface area (Å²) in [5.41, 5.74) is 1.47. The van der Waals surface area contributed by atoms with Crippen molar-refractivity contribution in [3.05, 3.63) is 23.5 Å². The second-order valence-electron chi connectivity index (χ2n) is 4.54. The summed E-state index contributed by atoms with van der Waals surface area (Å²) in [6.45, 7) is 2.00. The minimum absolute atomic E-state index is 0.0180. The lowest BCUT2D eigenvalue weighted by atomic mass is 10.1. The third kappa shape index (κ3) is 2.75. The van der Waals surface area contributed by atoms with Gasteiger partial charge in [0.15, 0.2) is 0 Å². The zero-order chi connectivity index (χ0) is 12.4. The van der Waals surface area contributed by atoms with Crippen LogP contribution in [0.2, 0.25) is 0 Å². The Labute approximate surface area is 102 Å². The zero-order valence-electron chi connectivity index (χ0n) is 10.6. The molecule has 2 rings (SSSR count). The van der Waals surface area contributed by atoms with Crippen molar-refractivity contribution in [3.63, 3.8) is 0 Å². The lowest BCUT2D eigenvalue weighted by Crippen LogP contribution is -2.23. The van der Waals surface area contributed by atoms with Gasteiger partial charge in [0.05, 0.1) is 23.6 Å². The first-order valence-corrected chi connectivity index (χ1v) is 5.99. The third-order valence-corrected chi connectivity index (χ3v) is 2.74. The van der Waals surface area contributed by atoms with Crippen LogP contribution in [0, 0.1) is 0 Å². The molecule has 0 unspecified atom stereocenters. The van der Waals surface area contributed by atoms with Crippen molar-refractivity contribution in [2.24, 2.45) is 0 Å². The first-order valence-electron chi connectivity index (χ1n) is 5.99. The zero-order valence-corrected chi connectivity index (χ0v) is 10.6. The molecule has 1 saturated carbocycles. The Kier molecular flexibility index (Phi) is 3.31. The van der Waals surface area contributed by atoms with Gasteiger partial charge >= 0.3 is 0 Å². The van der Waals surface area contributed by atoms with Crippen LogP contribution < -0.4 is 4.74 Å². The lowest BCUT2D eigenvalue weighted by molar-refractivity contribution is 0.0825. The Hall–Kier alpha value is -1.58. The maximum absolute atomic E-state index is 12.0. The second-order valence-corrected chi connectivity index (χ2v) is 4.54. The Morgan fingerprint density at radius 1 is 1.53 bits per heavy atom. The van der Waals surface area contributed by atoms with Gasteiger partial charge in [0, 0.05) is 14.1 Å². The predicted molar refractivity (Wildman–Crippen MR) is 65.3 cm³/mol. The fourth-order valence-electron chi connectivity index (χ4n) is 1.62. The lowest BCUT2D eigenvalue weighted by Gasteiger charge is -2.14. The van der Waals surface area contributed by atoms with Crippen molar-refractivity contribution in [2.75, 3.05) is 14.1 Å². The van der Waals surface area contributed by atoms with Crippen molar-refractivity contribution in [2.45, 2.75) is 32.3 Å². The van der Waals surface area contributed by atoms with E-state index in [1.807, 2.05) is 13.0 Å². The van der Waals surface area contributed by atoms with Crippen LogP contribution in [0.3, 0.4) is 0 Å². The van der Waals surface area contributed by atoms with Crippen LogP contribution >= 0.6 is 0 Å². The Morgan fingerprint density at radius 3 is 2.76 bits per heavy atom. The summed E-state index contributed by atoms with van der Waals surface area (Å²) in [6.07, 6.45) is 4.99. The summed E-state index contributed by atoms with van der Waals surface area (Å²) in [4.78, 5) is 17.9. The Morgan fingerprint density at radius 2 is 2.24 bits per heavy atom. The van der Waals surface area contributed by atoms with Gasteiger partial charge in [-0.3, -0.25) is 9.78 Å². The number of carbonyl (C=O) groups is 1. The molecular formula is C13H18N2O2. The summed E-state index contributed by atoms with van der Waals surface area (Å²) in [7, 11) is 3.49. The molecule has 1 fully saturated rings. The minimum atomic E-state index is -0.0180. The fourth-order valence-corrected chi connectivity index (χ4v) is 1.62. The van der Waals surface area contributed by atoms with Crippen LogP contribution in [-0.2, 0) is 6.42 Å². The van der Waals surface area contributed by atoms with Crippen molar-refractivity contribution < 1.29 is 9.53 Å². The quantitative estimate of drug-likeness (QED) is 0.799. The Balaban J connectivity index is 2.27. The van der Waals surface area contributed by atoms with Gasteiger partial charge in [-0.1, -0.05) is 6.92 Å². The average Bonchev–Trinajstić information content (AvgIpc) is 3.11. The van der Waals surface area contributed by atoms with E-state index in [0.29, 0.717) is 17.4 Å². The van der Waals surface area contributed by atoms with Gasteiger partial charge in [-0.15, -0.1) is 0 Å². The molecule has 0 atom stereocenters. The minimum Gasteiger partial charge on any atom is -0.489 e. The number of aryl methyl sites for hydroxylation is 1. The fraction of sp³-hybridized carbons (Fsp3) is 0.538. The van der Waals surface area contributed by atoms with Crippen molar-refractivity contribution in [3.8, 4) is 5.75 Å². The van der Waals surface area contributed by atoms with Crippen LogP contribution in [0.1, 0.15) is 35.8 Å². The summed E-state index contributed by atoms with van der Waals surface area (Å²) in [6, 6.07) is 1.81. The topological polar surface area (TPSA) is 42.4 Å². The molecule has 0 bridgehead atoms. The molecule has 0 aliphatic heterocycles. The highest BCUT2D eigenvalue weighted by molar-refractivity contribution is 5.95. The molecule has 1 aliphatic carbocycles. The van der Waals surface area contributed by atoms with E-state index in [9.17, 15) is 4.79 Å². The van der Waals surface area contributed by atoms with Gasteiger partial charge in [-0.25, -0.2) is 0 Å². The molecule has 4 nitrogen and oxygen atoms in total. The molecule has 0 aromatic carbocycles. The smallest absolute Gasteiger partial charge is 0.255 e. The number of ether oxygens (including phenoxy) is 1. The summed E-state index contributed by atoms with van der Waals surface area (Å²) >= 11 is 0. The van der Waals surface area contributed by atoms with Crippen LogP contribution in [0.25, 0.3) is 0 Å². The highest BCUT2D eigenvalue weighted by Crippen LogP contribution is 2.27. The maximum Gasteiger partial charge on any atom is 0.255 e. The average molecular weight is 234 g/mol. The standard InChI is InChI=1S/C13H18N2O2/c1-4-12-11(13(16)15(2)3)7-10(8-14-12)17-9-5-6-9/h7-9H,4-6H2,1-3H3. The van der Waals surface area contributed by atoms with Crippen molar-refractivity contribution in [1.82, 2.24) is 9.88 Å². The van der Waals surface area contributed by atoms with E-state index >= 15 is 0 Å². The highest BCUT2D eigenvalue weighted by Gasteiger charge is 2.24. The van der Waals surface area contributed by atoms with Crippen LogP contribution in [-0.4, -0.2) is 36.0 Å². The number of aromatic nitrogens is 1. The number of hydrogen-bond donors (Lipinski definition) is 0. The molecule has 92 valence electrons. The second kappa shape index (κ2) is 4.73. The number of hydrogen-bond acceptors (Lipinski definition) is 3. The van der Waals surface area contributed by atoms with E-state index in [1.54, 1.807) is 25.2 Å². The third-order valence-electron chi connectivity index (χ3n) is 2.74. The molecule has 1 aromatic heterocycles. The summed E-state index contributed by atoms with van der Waals surface area (Å²) < 4.78 is 5.66. The number of amides is 1. The van der Waals surface area contributed by atoms with Crippen LogP contribution in [0.4, 0.5) is 0 Å². The van der Waals surface area contributed by atoms with Crippen molar-refractivity contribution >= 4 is 5.91 Å². The Bertz CT molecular complexity index is 425. The van der Waals surface area contributed by atoms with E-state index in [-0.39, 0.29) is 5.91 Å². The normalized spacial score (nSPS) is 14.5. The van der Waals surface area contributed by atoms with E-state index < -0.39 is 0 Å². The molecule has 0 saturated heterocycles. The molecule has 1 aromatic rings. The van der Waals surface area contributed by atoms with Crippen LogP contribution in [0.5, 0.6) is 5.75 Å². The SMILES string of the molecule is CCc1ncc(OC2CC2)cc1C(=O)N(C)C. The van der Waals surface area contributed by atoms with Crippen molar-refractivity contribution in [1.29, 1.82) is 0 Å². The van der Waals surface area contributed by atoms with Gasteiger partial charge < -0.3 is 9.64 Å². The molecular weight excluding hydrogens is 216 g/mol. The first kappa shape index (κ1) is 11.9. The molecule has 0 radical (unpaired) electrons. The predicted octanol–water partition coefficient (Wildman–Crippen LogP) is 1.89. The molecule has 0 N–H and O–H groups in total. The molecule has 1 aliphatic rings. The number of pyridine rings is 1. The molecule has 1 heterocycles. The van der Waals surface area contributed by atoms with Gasteiger partial charge in [-0.05, 0) is 25.3 Å². The van der Waals surface area contributed by atoms with Crippen LogP contribution in [0.15, 0.2) is 12.3 Å². The first-order chi connectivity index (χ1) is 8.11. The van der Waals surface area contributed by atoms with E-state index in [1.165, 1.54) is 0 Å². The van der Waals surface area contributed by atoms with E-state index in [2.05, 4.69) is 4.98 Å². The molecule has 1 amide bonds. The number of rotatable bonds is 4.